The molecule has 0 saturated heterocycles. The maximum atomic E-state index is 12.5. The molecular weight excluding hydrogens is 286 g/mol. The molecule has 0 aliphatic heterocycles. The molecule has 0 saturated carbocycles. The number of hydrogen-bond donors (Lipinski definition) is 1. The summed E-state index contributed by atoms with van der Waals surface area (Å²) in [6, 6.07) is 12.1. The van der Waals surface area contributed by atoms with Crippen LogP contribution in [0.3, 0.4) is 0 Å². The number of benzene rings is 2. The van der Waals surface area contributed by atoms with Gasteiger partial charge in [0, 0.05) is 17.6 Å². The molecule has 0 aromatic heterocycles. The fraction of sp³-hybridized carbons (Fsp3) is 0.235. The molecule has 1 amide bonds. The zero-order valence-electron chi connectivity index (χ0n) is 12.3. The van der Waals surface area contributed by atoms with Gasteiger partial charge in [-0.15, -0.1) is 0 Å². The highest BCUT2D eigenvalue weighted by Crippen LogP contribution is 2.24. The van der Waals surface area contributed by atoms with Crippen molar-refractivity contribution in [2.24, 2.45) is 0 Å². The molecule has 0 radical (unpaired) electrons. The fourth-order valence-corrected chi connectivity index (χ4v) is 2.26. The summed E-state index contributed by atoms with van der Waals surface area (Å²) in [5.41, 5.74) is 2.48. The molecule has 3 nitrogen and oxygen atoms in total. The van der Waals surface area contributed by atoms with E-state index >= 15 is 0 Å². The first kappa shape index (κ1) is 15.4. The maximum Gasteiger partial charge on any atom is 0.254 e. The molecule has 0 aliphatic carbocycles. The van der Waals surface area contributed by atoms with Crippen LogP contribution in [0.2, 0.25) is 5.02 Å². The van der Waals surface area contributed by atoms with Gasteiger partial charge in [-0.25, -0.2) is 0 Å². The highest BCUT2D eigenvalue weighted by molar-refractivity contribution is 6.31. The Morgan fingerprint density at radius 3 is 2.38 bits per heavy atom. The van der Waals surface area contributed by atoms with E-state index in [1.165, 1.54) is 0 Å². The summed E-state index contributed by atoms with van der Waals surface area (Å²) >= 11 is 6.08. The standard InChI is InChI=1S/C17H18ClNO2/c1-11-4-5-14(10-16(11)18)17(21)19(3)12(2)13-6-8-15(20)9-7-13/h4-10,12,20H,1-3H3. The predicted molar refractivity (Wildman–Crippen MR) is 84.8 cm³/mol. The van der Waals surface area contributed by atoms with E-state index in [0.29, 0.717) is 10.6 Å². The highest BCUT2D eigenvalue weighted by Gasteiger charge is 2.19. The van der Waals surface area contributed by atoms with Crippen LogP contribution in [0.1, 0.15) is 34.5 Å². The van der Waals surface area contributed by atoms with E-state index in [1.54, 1.807) is 36.2 Å². The molecule has 1 unspecified atom stereocenters. The summed E-state index contributed by atoms with van der Waals surface area (Å²) in [6.45, 7) is 3.85. The van der Waals surface area contributed by atoms with Gasteiger partial charge in [0.05, 0.1) is 6.04 Å². The second kappa shape index (κ2) is 6.19. The van der Waals surface area contributed by atoms with Crippen molar-refractivity contribution in [1.82, 2.24) is 4.90 Å². The molecule has 2 aromatic carbocycles. The van der Waals surface area contributed by atoms with Crippen molar-refractivity contribution in [3.8, 4) is 5.75 Å². The number of carbonyl (C=O) groups is 1. The summed E-state index contributed by atoms with van der Waals surface area (Å²) in [7, 11) is 1.76. The number of rotatable bonds is 3. The monoisotopic (exact) mass is 303 g/mol. The lowest BCUT2D eigenvalue weighted by Crippen LogP contribution is -2.29. The molecule has 4 heteroatoms. The van der Waals surface area contributed by atoms with Crippen molar-refractivity contribution in [1.29, 1.82) is 0 Å². The van der Waals surface area contributed by atoms with Crippen LogP contribution >= 0.6 is 11.6 Å². The van der Waals surface area contributed by atoms with Crippen molar-refractivity contribution >= 4 is 17.5 Å². The molecule has 0 aliphatic rings. The SMILES string of the molecule is Cc1ccc(C(=O)N(C)C(C)c2ccc(O)cc2)cc1Cl. The van der Waals surface area contributed by atoms with Gasteiger partial charge in [0.25, 0.3) is 5.91 Å². The van der Waals surface area contributed by atoms with E-state index in [0.717, 1.165) is 11.1 Å². The Kier molecular flexibility index (Phi) is 4.53. The summed E-state index contributed by atoms with van der Waals surface area (Å²) < 4.78 is 0. The Morgan fingerprint density at radius 2 is 1.81 bits per heavy atom. The van der Waals surface area contributed by atoms with E-state index in [4.69, 9.17) is 11.6 Å². The lowest BCUT2D eigenvalue weighted by molar-refractivity contribution is 0.0742. The quantitative estimate of drug-likeness (QED) is 0.923. The van der Waals surface area contributed by atoms with E-state index in [9.17, 15) is 9.90 Å². The van der Waals surface area contributed by atoms with Crippen molar-refractivity contribution in [2.45, 2.75) is 19.9 Å². The molecule has 1 atom stereocenters. The molecule has 0 heterocycles. The second-order valence-electron chi connectivity index (χ2n) is 5.15. The first-order valence-electron chi connectivity index (χ1n) is 6.72. The number of amides is 1. The Labute approximate surface area is 129 Å². The van der Waals surface area contributed by atoms with Gasteiger partial charge in [-0.3, -0.25) is 4.79 Å². The topological polar surface area (TPSA) is 40.5 Å². The number of hydrogen-bond acceptors (Lipinski definition) is 2. The first-order valence-corrected chi connectivity index (χ1v) is 7.10. The van der Waals surface area contributed by atoms with E-state index in [2.05, 4.69) is 0 Å². The summed E-state index contributed by atoms with van der Waals surface area (Å²) in [4.78, 5) is 14.2. The van der Waals surface area contributed by atoms with Crippen LogP contribution in [0.4, 0.5) is 0 Å². The van der Waals surface area contributed by atoms with Crippen LogP contribution in [0, 0.1) is 6.92 Å². The van der Waals surface area contributed by atoms with Gasteiger partial charge >= 0.3 is 0 Å². The lowest BCUT2D eigenvalue weighted by Gasteiger charge is -2.25. The van der Waals surface area contributed by atoms with Gasteiger partial charge in [-0.2, -0.15) is 0 Å². The van der Waals surface area contributed by atoms with Crippen LogP contribution in [-0.4, -0.2) is 23.0 Å². The van der Waals surface area contributed by atoms with Crippen LogP contribution in [0.25, 0.3) is 0 Å². The third-order valence-electron chi connectivity index (χ3n) is 3.70. The minimum atomic E-state index is -0.0989. The summed E-state index contributed by atoms with van der Waals surface area (Å²) in [6.07, 6.45) is 0. The molecule has 110 valence electrons. The van der Waals surface area contributed by atoms with Crippen molar-refractivity contribution in [2.75, 3.05) is 7.05 Å². The molecular formula is C17H18ClNO2. The largest absolute Gasteiger partial charge is 0.508 e. The van der Waals surface area contributed by atoms with Crippen LogP contribution in [-0.2, 0) is 0 Å². The Bertz CT molecular complexity index is 652. The Hall–Kier alpha value is -2.00. The van der Waals surface area contributed by atoms with Gasteiger partial charge < -0.3 is 10.0 Å². The van der Waals surface area contributed by atoms with Gasteiger partial charge in [0.15, 0.2) is 0 Å². The number of carbonyl (C=O) groups excluding carboxylic acids is 1. The zero-order valence-corrected chi connectivity index (χ0v) is 13.1. The van der Waals surface area contributed by atoms with E-state index < -0.39 is 0 Å². The molecule has 21 heavy (non-hydrogen) atoms. The Balaban J connectivity index is 2.21. The smallest absolute Gasteiger partial charge is 0.254 e. The van der Waals surface area contributed by atoms with E-state index in [1.807, 2.05) is 32.0 Å². The van der Waals surface area contributed by atoms with Crippen LogP contribution < -0.4 is 0 Å². The molecule has 0 spiro atoms. The normalized spacial score (nSPS) is 12.0. The fourth-order valence-electron chi connectivity index (χ4n) is 2.08. The van der Waals surface area contributed by atoms with Crippen molar-refractivity contribution in [3.05, 3.63) is 64.2 Å². The van der Waals surface area contributed by atoms with Crippen molar-refractivity contribution < 1.29 is 9.90 Å². The molecule has 0 fully saturated rings. The number of phenols is 1. The number of phenolic OH excluding ortho intramolecular Hbond substituents is 1. The number of halogens is 1. The van der Waals surface area contributed by atoms with Gasteiger partial charge in [-0.05, 0) is 49.2 Å². The lowest BCUT2D eigenvalue weighted by atomic mass is 10.1. The molecule has 2 rings (SSSR count). The molecule has 1 N–H and O–H groups in total. The summed E-state index contributed by atoms with van der Waals surface area (Å²) in [5.74, 6) is 0.128. The van der Waals surface area contributed by atoms with Gasteiger partial charge in [0.1, 0.15) is 5.75 Å². The molecule has 2 aromatic rings. The maximum absolute atomic E-state index is 12.5. The van der Waals surface area contributed by atoms with Crippen molar-refractivity contribution in [3.63, 3.8) is 0 Å². The molecule has 0 bridgehead atoms. The van der Waals surface area contributed by atoms with Crippen LogP contribution in [0.5, 0.6) is 5.75 Å². The van der Waals surface area contributed by atoms with Gasteiger partial charge in [0.2, 0.25) is 0 Å². The third kappa shape index (κ3) is 3.37. The van der Waals surface area contributed by atoms with Gasteiger partial charge in [-0.1, -0.05) is 29.8 Å². The second-order valence-corrected chi connectivity index (χ2v) is 5.55. The predicted octanol–water partition coefficient (Wildman–Crippen LogP) is 4.19. The first-order chi connectivity index (χ1) is 9.90. The average molecular weight is 304 g/mol. The number of aromatic hydroxyl groups is 1. The Morgan fingerprint density at radius 1 is 1.19 bits per heavy atom. The minimum Gasteiger partial charge on any atom is -0.508 e. The highest BCUT2D eigenvalue weighted by atomic mass is 35.5. The minimum absolute atomic E-state index is 0.0857. The van der Waals surface area contributed by atoms with Crippen LogP contribution in [0.15, 0.2) is 42.5 Å². The number of aryl methyl sites for hydroxylation is 1. The zero-order chi connectivity index (χ0) is 15.6. The average Bonchev–Trinajstić information content (AvgIpc) is 2.48. The summed E-state index contributed by atoms with van der Waals surface area (Å²) in [5, 5.41) is 9.91. The number of nitrogens with zero attached hydrogens (tertiary/aromatic N) is 1. The van der Waals surface area contributed by atoms with E-state index in [-0.39, 0.29) is 17.7 Å². The third-order valence-corrected chi connectivity index (χ3v) is 4.10.